The molecule has 0 bridgehead atoms. The highest BCUT2D eigenvalue weighted by Gasteiger charge is 2.36. The Bertz CT molecular complexity index is 999. The quantitative estimate of drug-likeness (QED) is 0.640. The van der Waals surface area contributed by atoms with Crippen LogP contribution in [0.3, 0.4) is 0 Å². The van der Waals surface area contributed by atoms with E-state index in [2.05, 4.69) is 14.6 Å². The molecule has 2 aliphatic rings. The number of anilines is 4. The van der Waals surface area contributed by atoms with Gasteiger partial charge in [-0.1, -0.05) is 18.2 Å². The van der Waals surface area contributed by atoms with Crippen LogP contribution in [0.1, 0.15) is 11.1 Å². The number of halogens is 4. The Balaban J connectivity index is 1.93. The number of hydroxylamine groups is 1. The lowest BCUT2D eigenvalue weighted by atomic mass is 10.1. The summed E-state index contributed by atoms with van der Waals surface area (Å²) in [5, 5.41) is 0.854. The second kappa shape index (κ2) is 7.67. The van der Waals surface area contributed by atoms with Crippen molar-refractivity contribution in [3.8, 4) is 0 Å². The Morgan fingerprint density at radius 2 is 1.70 bits per heavy atom. The fourth-order valence-electron chi connectivity index (χ4n) is 3.94. The summed E-state index contributed by atoms with van der Waals surface area (Å²) in [6, 6.07) is 9.36. The SMILES string of the molecule is Cc1ccccc1N1CN(C)c2c(C)cc3c(c21)N=C(OC(F)F)CN3OC(F)F. The van der Waals surface area contributed by atoms with Crippen molar-refractivity contribution in [3.05, 3.63) is 41.5 Å². The van der Waals surface area contributed by atoms with Crippen molar-refractivity contribution in [1.82, 2.24) is 0 Å². The van der Waals surface area contributed by atoms with Crippen molar-refractivity contribution in [2.24, 2.45) is 4.99 Å². The minimum absolute atomic E-state index is 0.241. The van der Waals surface area contributed by atoms with E-state index in [1.54, 1.807) is 6.07 Å². The normalized spacial score (nSPS) is 15.6. The van der Waals surface area contributed by atoms with Crippen LogP contribution in [-0.4, -0.2) is 39.4 Å². The van der Waals surface area contributed by atoms with Crippen molar-refractivity contribution < 1.29 is 27.1 Å². The van der Waals surface area contributed by atoms with E-state index in [0.717, 1.165) is 27.6 Å². The molecule has 0 spiro atoms. The van der Waals surface area contributed by atoms with Gasteiger partial charge in [0.15, 0.2) is 0 Å². The molecule has 0 aliphatic carbocycles. The monoisotopic (exact) mass is 424 g/mol. The van der Waals surface area contributed by atoms with E-state index in [4.69, 9.17) is 0 Å². The average Bonchev–Trinajstić information content (AvgIpc) is 3.00. The van der Waals surface area contributed by atoms with Gasteiger partial charge in [-0.15, -0.1) is 0 Å². The first kappa shape index (κ1) is 20.3. The molecule has 4 rings (SSSR count). The van der Waals surface area contributed by atoms with E-state index in [1.165, 1.54) is 0 Å². The lowest BCUT2D eigenvalue weighted by molar-refractivity contribution is -0.138. The molecule has 0 saturated carbocycles. The van der Waals surface area contributed by atoms with Crippen molar-refractivity contribution >= 4 is 34.3 Å². The van der Waals surface area contributed by atoms with E-state index in [9.17, 15) is 17.6 Å². The molecular formula is C20H20F4N4O2. The van der Waals surface area contributed by atoms with Crippen LogP contribution in [0.2, 0.25) is 0 Å². The van der Waals surface area contributed by atoms with E-state index in [0.29, 0.717) is 12.4 Å². The smallest absolute Gasteiger partial charge is 0.388 e. The predicted molar refractivity (Wildman–Crippen MR) is 106 cm³/mol. The summed E-state index contributed by atoms with van der Waals surface area (Å²) < 4.78 is 56.2. The van der Waals surface area contributed by atoms with Gasteiger partial charge < -0.3 is 14.5 Å². The van der Waals surface area contributed by atoms with Crippen LogP contribution in [0, 0.1) is 13.8 Å². The third-order valence-corrected chi connectivity index (χ3v) is 5.05. The van der Waals surface area contributed by atoms with Gasteiger partial charge in [0, 0.05) is 12.7 Å². The average molecular weight is 424 g/mol. The molecule has 0 atom stereocenters. The van der Waals surface area contributed by atoms with Gasteiger partial charge in [-0.05, 0) is 37.1 Å². The number of aryl methyl sites for hydroxylation is 2. The number of hydrogen-bond donors (Lipinski definition) is 0. The molecule has 2 aliphatic heterocycles. The van der Waals surface area contributed by atoms with Crippen LogP contribution < -0.4 is 14.9 Å². The van der Waals surface area contributed by atoms with Crippen LogP contribution in [-0.2, 0) is 9.57 Å². The molecule has 2 heterocycles. The Morgan fingerprint density at radius 3 is 2.37 bits per heavy atom. The maximum absolute atomic E-state index is 13.0. The summed E-state index contributed by atoms with van der Waals surface area (Å²) in [6.07, 6.45) is 0. The van der Waals surface area contributed by atoms with Gasteiger partial charge in [-0.3, -0.25) is 0 Å². The first-order valence-corrected chi connectivity index (χ1v) is 9.23. The Kier molecular flexibility index (Phi) is 5.19. The zero-order valence-electron chi connectivity index (χ0n) is 16.6. The Labute approximate surface area is 170 Å². The Morgan fingerprint density at radius 1 is 0.967 bits per heavy atom. The number of benzene rings is 2. The fourth-order valence-corrected chi connectivity index (χ4v) is 3.94. The molecule has 0 saturated heterocycles. The second-order valence-electron chi connectivity index (χ2n) is 7.10. The van der Waals surface area contributed by atoms with Gasteiger partial charge in [0.25, 0.3) is 0 Å². The molecular weight excluding hydrogens is 404 g/mol. The van der Waals surface area contributed by atoms with Gasteiger partial charge in [-0.25, -0.2) is 14.9 Å². The van der Waals surface area contributed by atoms with Gasteiger partial charge in [0.05, 0.1) is 23.7 Å². The number of ether oxygens (including phenoxy) is 1. The van der Waals surface area contributed by atoms with E-state index >= 15 is 0 Å². The van der Waals surface area contributed by atoms with Gasteiger partial charge in [0.1, 0.15) is 12.2 Å². The molecule has 0 N–H and O–H groups in total. The van der Waals surface area contributed by atoms with Crippen LogP contribution in [0.4, 0.5) is 46.0 Å². The number of rotatable bonds is 4. The van der Waals surface area contributed by atoms with Crippen molar-refractivity contribution in [2.75, 3.05) is 35.1 Å². The maximum Gasteiger partial charge on any atom is 0.388 e. The number of alkyl halides is 4. The van der Waals surface area contributed by atoms with Crippen LogP contribution in [0.25, 0.3) is 0 Å². The standard InChI is InChI=1S/C20H20F4N4O2/c1-11-6-4-5-7-13(11)27-10-26(3)17-12(2)8-14-16(18(17)27)25-15(29-19(21)22)9-28(14)30-20(23)24/h4-8,19-20H,9-10H2,1-3H3. The molecule has 30 heavy (non-hydrogen) atoms. The van der Waals surface area contributed by atoms with Crippen LogP contribution >= 0.6 is 0 Å². The van der Waals surface area contributed by atoms with Gasteiger partial charge >= 0.3 is 13.2 Å². The summed E-state index contributed by atoms with van der Waals surface area (Å²) >= 11 is 0. The largest absolute Gasteiger partial charge is 0.419 e. The second-order valence-corrected chi connectivity index (χ2v) is 7.10. The summed E-state index contributed by atoms with van der Waals surface area (Å²) in [5.74, 6) is -0.400. The van der Waals surface area contributed by atoms with Gasteiger partial charge in [-0.2, -0.15) is 17.6 Å². The fraction of sp³-hybridized carbons (Fsp3) is 0.350. The number of fused-ring (bicyclic) bond motifs is 3. The predicted octanol–water partition coefficient (Wildman–Crippen LogP) is 5.09. The topological polar surface area (TPSA) is 40.5 Å². The first-order valence-electron chi connectivity index (χ1n) is 9.23. The molecule has 0 amide bonds. The molecule has 0 fully saturated rings. The molecule has 0 radical (unpaired) electrons. The molecule has 160 valence electrons. The summed E-state index contributed by atoms with van der Waals surface area (Å²) in [5.41, 5.74) is 4.68. The first-order chi connectivity index (χ1) is 14.3. The van der Waals surface area contributed by atoms with Crippen LogP contribution in [0.15, 0.2) is 35.3 Å². The third-order valence-electron chi connectivity index (χ3n) is 5.05. The minimum atomic E-state index is -3.13. The van der Waals surface area contributed by atoms with Crippen molar-refractivity contribution in [1.29, 1.82) is 0 Å². The van der Waals surface area contributed by atoms with E-state index in [1.807, 2.05) is 55.0 Å². The summed E-state index contributed by atoms with van der Waals surface area (Å²) in [6.45, 7) is -2.43. The summed E-state index contributed by atoms with van der Waals surface area (Å²) in [4.78, 5) is 12.8. The zero-order valence-corrected chi connectivity index (χ0v) is 16.6. The lowest BCUT2D eigenvalue weighted by Gasteiger charge is -2.31. The molecule has 2 aromatic rings. The third kappa shape index (κ3) is 3.51. The van der Waals surface area contributed by atoms with Crippen LogP contribution in [0.5, 0.6) is 0 Å². The van der Waals surface area contributed by atoms with Gasteiger partial charge in [0.2, 0.25) is 5.90 Å². The van der Waals surface area contributed by atoms with Crippen molar-refractivity contribution in [3.63, 3.8) is 0 Å². The molecule has 6 nitrogen and oxygen atoms in total. The molecule has 10 heteroatoms. The highest BCUT2D eigenvalue weighted by atomic mass is 19.3. The van der Waals surface area contributed by atoms with E-state index < -0.39 is 25.7 Å². The molecule has 0 unspecified atom stereocenters. The number of para-hydroxylation sites is 1. The number of aliphatic imine (C=N–C) groups is 1. The summed E-state index contributed by atoms with van der Waals surface area (Å²) in [7, 11) is 1.90. The lowest BCUT2D eigenvalue weighted by Crippen LogP contribution is -2.36. The molecule has 2 aromatic carbocycles. The zero-order chi connectivity index (χ0) is 21.6. The molecule has 0 aromatic heterocycles. The number of nitrogens with zero attached hydrogens (tertiary/aromatic N) is 4. The minimum Gasteiger partial charge on any atom is -0.419 e. The maximum atomic E-state index is 13.0. The Hall–Kier alpha value is -3.01. The van der Waals surface area contributed by atoms with Crippen molar-refractivity contribution in [2.45, 2.75) is 27.1 Å². The highest BCUT2D eigenvalue weighted by molar-refractivity contribution is 6.03. The number of hydrogen-bond acceptors (Lipinski definition) is 6. The van der Waals surface area contributed by atoms with E-state index in [-0.39, 0.29) is 11.4 Å². The highest BCUT2D eigenvalue weighted by Crippen LogP contribution is 2.53.